The molecule has 1 aliphatic rings. The van der Waals surface area contributed by atoms with Crippen LogP contribution in [-0.2, 0) is 16.1 Å². The van der Waals surface area contributed by atoms with Crippen molar-refractivity contribution in [3.05, 3.63) is 130 Å². The molecule has 2 heterocycles. The summed E-state index contributed by atoms with van der Waals surface area (Å²) in [5.74, 6) is 0.717. The number of aromatic nitrogens is 1. The molecular weight excluding hydrogens is 725 g/mol. The molecule has 8 nitrogen and oxygen atoms in total. The Labute approximate surface area is 290 Å². The van der Waals surface area contributed by atoms with E-state index in [-0.39, 0.29) is 12.2 Å². The minimum atomic E-state index is -0.678. The second-order valence-electron chi connectivity index (χ2n) is 11.2. The summed E-state index contributed by atoms with van der Waals surface area (Å²) in [6.07, 6.45) is 1.83. The van der Waals surface area contributed by atoms with E-state index in [2.05, 4.69) is 46.9 Å². The highest BCUT2D eigenvalue weighted by molar-refractivity contribution is 14.1. The maximum absolute atomic E-state index is 14.1. The standard InChI is InChI=1S/C37H34IN3O5S/c1-6-45-36(43)32-22(2)39-37-41(33(32)25-14-16-27(17-15-25)40(3)4)35(42)31(47-37)20-23-18-29(38)34(30(19-23)44-5)46-21-26-12-9-11-24-10-7-8-13-28(24)26/h7-20,33H,6,21H2,1-5H3/b31-20-/t33-/m1/s1. The molecule has 240 valence electrons. The highest BCUT2D eigenvalue weighted by atomic mass is 127. The summed E-state index contributed by atoms with van der Waals surface area (Å²) in [5, 5.41) is 2.30. The first kappa shape index (κ1) is 32.5. The summed E-state index contributed by atoms with van der Waals surface area (Å²) >= 11 is 3.52. The summed E-state index contributed by atoms with van der Waals surface area (Å²) in [5.41, 5.74) is 4.30. The zero-order chi connectivity index (χ0) is 33.2. The van der Waals surface area contributed by atoms with Crippen LogP contribution in [0.1, 0.15) is 36.6 Å². The van der Waals surface area contributed by atoms with Crippen LogP contribution in [0.5, 0.6) is 11.5 Å². The zero-order valence-corrected chi connectivity index (χ0v) is 29.7. The maximum Gasteiger partial charge on any atom is 0.338 e. The van der Waals surface area contributed by atoms with Crippen molar-refractivity contribution in [3.63, 3.8) is 0 Å². The molecule has 0 unspecified atom stereocenters. The number of anilines is 1. The lowest BCUT2D eigenvalue weighted by Crippen LogP contribution is -2.39. The molecule has 4 aromatic carbocycles. The number of fused-ring (bicyclic) bond motifs is 2. The molecule has 1 atom stereocenters. The number of carbonyl (C=O) groups excluding carboxylic acids is 1. The quantitative estimate of drug-likeness (QED) is 0.131. The van der Waals surface area contributed by atoms with Crippen molar-refractivity contribution < 1.29 is 19.0 Å². The highest BCUT2D eigenvalue weighted by Crippen LogP contribution is 2.36. The number of ether oxygens (including phenoxy) is 3. The maximum atomic E-state index is 14.1. The van der Waals surface area contributed by atoms with Crippen molar-refractivity contribution in [2.45, 2.75) is 26.5 Å². The number of esters is 1. The molecule has 6 rings (SSSR count). The van der Waals surface area contributed by atoms with E-state index >= 15 is 0 Å². The summed E-state index contributed by atoms with van der Waals surface area (Å²) < 4.78 is 20.4. The smallest absolute Gasteiger partial charge is 0.338 e. The Morgan fingerprint density at radius 1 is 1.06 bits per heavy atom. The van der Waals surface area contributed by atoms with Crippen molar-refractivity contribution >= 4 is 62.4 Å². The Morgan fingerprint density at radius 3 is 2.53 bits per heavy atom. The molecule has 0 spiro atoms. The number of benzene rings is 4. The molecule has 0 N–H and O–H groups in total. The molecule has 1 aliphatic heterocycles. The fraction of sp³-hybridized carbons (Fsp3) is 0.216. The normalized spacial score (nSPS) is 14.5. The minimum Gasteiger partial charge on any atom is -0.493 e. The summed E-state index contributed by atoms with van der Waals surface area (Å²) in [6, 6.07) is 25.4. The van der Waals surface area contributed by atoms with Gasteiger partial charge in [-0.1, -0.05) is 65.9 Å². The van der Waals surface area contributed by atoms with Gasteiger partial charge in [0.15, 0.2) is 16.3 Å². The number of hydrogen-bond donors (Lipinski definition) is 0. The molecule has 5 aromatic rings. The third kappa shape index (κ3) is 6.44. The van der Waals surface area contributed by atoms with Crippen LogP contribution in [0.25, 0.3) is 16.8 Å². The largest absolute Gasteiger partial charge is 0.493 e. The lowest BCUT2D eigenvalue weighted by molar-refractivity contribution is -0.139. The van der Waals surface area contributed by atoms with Crippen molar-refractivity contribution in [3.8, 4) is 11.5 Å². The van der Waals surface area contributed by atoms with Gasteiger partial charge in [-0.15, -0.1) is 0 Å². The molecule has 0 aliphatic carbocycles. The van der Waals surface area contributed by atoms with Crippen molar-refractivity contribution in [2.24, 2.45) is 4.99 Å². The van der Waals surface area contributed by atoms with Gasteiger partial charge in [0.2, 0.25) is 0 Å². The number of methoxy groups -OCH3 is 1. The molecule has 0 bridgehead atoms. The van der Waals surface area contributed by atoms with Gasteiger partial charge in [0, 0.05) is 19.8 Å². The first-order valence-electron chi connectivity index (χ1n) is 15.1. The molecule has 0 fully saturated rings. The Morgan fingerprint density at radius 2 is 1.81 bits per heavy atom. The fourth-order valence-corrected chi connectivity index (χ4v) is 7.57. The van der Waals surface area contributed by atoms with E-state index in [9.17, 15) is 9.59 Å². The molecule has 1 aromatic heterocycles. The number of allylic oxidation sites excluding steroid dienone is 1. The SMILES string of the molecule is CCOC(=O)C1=C(C)N=c2s/c(=C\c3cc(I)c(OCc4cccc5ccccc45)c(OC)c3)c(=O)n2[C@@H]1c1ccc(N(C)C)cc1. The van der Waals surface area contributed by atoms with E-state index in [0.717, 1.165) is 36.7 Å². The van der Waals surface area contributed by atoms with Crippen LogP contribution in [0.3, 0.4) is 0 Å². The third-order valence-corrected chi connectivity index (χ3v) is 9.83. The van der Waals surface area contributed by atoms with E-state index in [1.165, 1.54) is 11.3 Å². The van der Waals surface area contributed by atoms with Crippen LogP contribution in [0, 0.1) is 3.57 Å². The van der Waals surface area contributed by atoms with Gasteiger partial charge in [-0.3, -0.25) is 9.36 Å². The van der Waals surface area contributed by atoms with Crippen LogP contribution in [0.2, 0.25) is 0 Å². The van der Waals surface area contributed by atoms with Crippen LogP contribution < -0.4 is 29.3 Å². The molecule has 0 saturated carbocycles. The Hall–Kier alpha value is -4.42. The van der Waals surface area contributed by atoms with E-state index in [1.54, 1.807) is 25.5 Å². The molecule has 10 heteroatoms. The summed E-state index contributed by atoms with van der Waals surface area (Å²) in [6.45, 7) is 4.14. The number of hydrogen-bond acceptors (Lipinski definition) is 8. The number of halogens is 1. The number of nitrogens with zero attached hydrogens (tertiary/aromatic N) is 3. The van der Waals surface area contributed by atoms with Crippen molar-refractivity contribution in [1.82, 2.24) is 4.57 Å². The predicted octanol–water partition coefficient (Wildman–Crippen LogP) is 6.21. The van der Waals surface area contributed by atoms with Gasteiger partial charge in [0.05, 0.1) is 39.1 Å². The van der Waals surface area contributed by atoms with E-state index in [0.29, 0.717) is 38.7 Å². The zero-order valence-electron chi connectivity index (χ0n) is 26.7. The van der Waals surface area contributed by atoms with E-state index in [1.807, 2.05) is 79.7 Å². The first-order valence-corrected chi connectivity index (χ1v) is 17.0. The van der Waals surface area contributed by atoms with Crippen LogP contribution in [0.15, 0.2) is 99.9 Å². The Bertz CT molecular complexity index is 2200. The second-order valence-corrected chi connectivity index (χ2v) is 13.4. The van der Waals surface area contributed by atoms with E-state index < -0.39 is 12.0 Å². The first-order chi connectivity index (χ1) is 22.7. The van der Waals surface area contributed by atoms with Crippen molar-refractivity contribution in [2.75, 3.05) is 32.7 Å². The Kier molecular flexibility index (Phi) is 9.51. The topological polar surface area (TPSA) is 82.4 Å². The average molecular weight is 760 g/mol. The molecule has 0 amide bonds. The number of carbonyl (C=O) groups is 1. The highest BCUT2D eigenvalue weighted by Gasteiger charge is 2.33. The molecule has 0 radical (unpaired) electrons. The van der Waals surface area contributed by atoms with Gasteiger partial charge in [0.25, 0.3) is 5.56 Å². The average Bonchev–Trinajstić information content (AvgIpc) is 3.36. The van der Waals surface area contributed by atoms with Crippen molar-refractivity contribution in [1.29, 1.82) is 0 Å². The summed E-state index contributed by atoms with van der Waals surface area (Å²) in [7, 11) is 5.53. The monoisotopic (exact) mass is 759 g/mol. The van der Waals surface area contributed by atoms with Gasteiger partial charge in [-0.25, -0.2) is 9.79 Å². The number of thiazole rings is 1. The van der Waals surface area contributed by atoms with Crippen LogP contribution >= 0.6 is 33.9 Å². The van der Waals surface area contributed by atoms with Gasteiger partial charge < -0.3 is 19.1 Å². The Balaban J connectivity index is 1.39. The predicted molar refractivity (Wildman–Crippen MR) is 195 cm³/mol. The lowest BCUT2D eigenvalue weighted by atomic mass is 9.95. The van der Waals surface area contributed by atoms with Crippen LogP contribution in [-0.4, -0.2) is 38.3 Å². The minimum absolute atomic E-state index is 0.217. The molecule has 47 heavy (non-hydrogen) atoms. The lowest BCUT2D eigenvalue weighted by Gasteiger charge is -2.25. The molecular formula is C37H34IN3O5S. The van der Waals surface area contributed by atoms with Gasteiger partial charge in [0.1, 0.15) is 6.61 Å². The fourth-order valence-electron chi connectivity index (χ4n) is 5.74. The summed E-state index contributed by atoms with van der Waals surface area (Å²) in [4.78, 5) is 34.6. The van der Waals surface area contributed by atoms with Gasteiger partial charge in [-0.05, 0) is 94.2 Å². The van der Waals surface area contributed by atoms with Gasteiger partial charge >= 0.3 is 5.97 Å². The van der Waals surface area contributed by atoms with E-state index in [4.69, 9.17) is 19.2 Å². The second kappa shape index (κ2) is 13.7. The number of rotatable bonds is 9. The third-order valence-electron chi connectivity index (χ3n) is 8.04. The van der Waals surface area contributed by atoms with Gasteiger partial charge in [-0.2, -0.15) is 0 Å². The van der Waals surface area contributed by atoms with Crippen LogP contribution in [0.4, 0.5) is 5.69 Å². The molecule has 0 saturated heterocycles.